The van der Waals surface area contributed by atoms with Gasteiger partial charge in [0.05, 0.1) is 0 Å². The molecule has 0 radical (unpaired) electrons. The highest BCUT2D eigenvalue weighted by molar-refractivity contribution is 5.87. The topological polar surface area (TPSA) is 110 Å². The highest BCUT2D eigenvalue weighted by Gasteiger charge is 2.19. The molecule has 0 aliphatic carbocycles. The van der Waals surface area contributed by atoms with Crippen LogP contribution in [0.2, 0.25) is 0 Å². The molecule has 1 rings (SSSR count). The molecule has 0 unspecified atom stereocenters. The van der Waals surface area contributed by atoms with E-state index in [1.807, 2.05) is 19.9 Å². The van der Waals surface area contributed by atoms with E-state index in [9.17, 15) is 14.4 Å². The molecule has 1 aromatic rings. The number of rotatable bonds is 7. The summed E-state index contributed by atoms with van der Waals surface area (Å²) in [5.41, 5.74) is 6.95. The fourth-order valence-electron chi connectivity index (χ4n) is 1.84. The molecule has 0 fully saturated rings. The summed E-state index contributed by atoms with van der Waals surface area (Å²) in [5.74, 6) is -2.11. The molecule has 0 aliphatic rings. The molecule has 0 aliphatic heterocycles. The predicted molar refractivity (Wildman–Crippen MR) is 74.8 cm³/mol. The fourth-order valence-corrected chi connectivity index (χ4v) is 1.84. The summed E-state index contributed by atoms with van der Waals surface area (Å²) in [4.78, 5) is 34.3. The average molecular weight is 294 g/mol. The predicted octanol–water partition coefficient (Wildman–Crippen LogP) is 0.0807. The molecular weight excluding hydrogens is 276 g/mol. The summed E-state index contributed by atoms with van der Waals surface area (Å²) in [5, 5.41) is 8.72. The standard InChI is InChI=1S/C14H18N2O5/c1-9-3-10(2)5-11(4-9)21-8-13(18)16(6-12(15)17)7-14(19)20/h3-5H,6-8H2,1-2H3,(H2,15,17)(H,19,20). The molecule has 21 heavy (non-hydrogen) atoms. The van der Waals surface area contributed by atoms with Crippen LogP contribution in [0.1, 0.15) is 11.1 Å². The first kappa shape index (κ1) is 16.5. The Morgan fingerprint density at radius 1 is 1.14 bits per heavy atom. The average Bonchev–Trinajstić information content (AvgIpc) is 2.32. The molecule has 7 nitrogen and oxygen atoms in total. The summed E-state index contributed by atoms with van der Waals surface area (Å²) < 4.78 is 5.34. The van der Waals surface area contributed by atoms with Crippen LogP contribution in [0.3, 0.4) is 0 Å². The van der Waals surface area contributed by atoms with Gasteiger partial charge in [0.25, 0.3) is 5.91 Å². The Morgan fingerprint density at radius 2 is 1.71 bits per heavy atom. The zero-order valence-corrected chi connectivity index (χ0v) is 12.0. The number of hydrogen-bond acceptors (Lipinski definition) is 4. The van der Waals surface area contributed by atoms with Gasteiger partial charge in [-0.05, 0) is 37.1 Å². The van der Waals surface area contributed by atoms with Crippen molar-refractivity contribution in [2.45, 2.75) is 13.8 Å². The lowest BCUT2D eigenvalue weighted by Crippen LogP contribution is -2.43. The van der Waals surface area contributed by atoms with Crippen molar-refractivity contribution in [3.63, 3.8) is 0 Å². The molecule has 0 heterocycles. The first-order valence-corrected chi connectivity index (χ1v) is 6.27. The number of benzene rings is 1. The maximum Gasteiger partial charge on any atom is 0.323 e. The van der Waals surface area contributed by atoms with E-state index in [0.717, 1.165) is 16.0 Å². The number of hydrogen-bond donors (Lipinski definition) is 2. The molecule has 0 atom stereocenters. The Morgan fingerprint density at radius 3 is 2.19 bits per heavy atom. The van der Waals surface area contributed by atoms with Crippen LogP contribution in [0, 0.1) is 13.8 Å². The maximum atomic E-state index is 11.9. The Bertz CT molecular complexity index is 520. The van der Waals surface area contributed by atoms with E-state index in [2.05, 4.69) is 0 Å². The Hall–Kier alpha value is -2.57. The van der Waals surface area contributed by atoms with Gasteiger partial charge in [-0.15, -0.1) is 0 Å². The van der Waals surface area contributed by atoms with Gasteiger partial charge in [-0.25, -0.2) is 0 Å². The minimum atomic E-state index is -1.23. The summed E-state index contributed by atoms with van der Waals surface area (Å²) in [6.45, 7) is 2.37. The van der Waals surface area contributed by atoms with E-state index >= 15 is 0 Å². The number of aliphatic carboxylic acids is 1. The van der Waals surface area contributed by atoms with Crippen LogP contribution in [0.5, 0.6) is 5.75 Å². The second kappa shape index (κ2) is 7.28. The van der Waals surface area contributed by atoms with Gasteiger partial charge >= 0.3 is 5.97 Å². The molecule has 7 heteroatoms. The van der Waals surface area contributed by atoms with Gasteiger partial charge in [-0.2, -0.15) is 0 Å². The van der Waals surface area contributed by atoms with Crippen molar-refractivity contribution in [1.82, 2.24) is 4.90 Å². The molecule has 1 aromatic carbocycles. The van der Waals surface area contributed by atoms with Crippen LogP contribution in [-0.4, -0.2) is 47.5 Å². The first-order chi connectivity index (χ1) is 9.77. The van der Waals surface area contributed by atoms with E-state index in [4.69, 9.17) is 15.6 Å². The maximum absolute atomic E-state index is 11.9. The van der Waals surface area contributed by atoms with Gasteiger partial charge in [0.15, 0.2) is 6.61 Å². The van der Waals surface area contributed by atoms with Gasteiger partial charge in [0, 0.05) is 0 Å². The summed E-state index contributed by atoms with van der Waals surface area (Å²) in [6, 6.07) is 5.48. The molecule has 0 saturated heterocycles. The van der Waals surface area contributed by atoms with Crippen LogP contribution in [0.4, 0.5) is 0 Å². The number of carboxylic acid groups (broad SMARTS) is 1. The van der Waals surface area contributed by atoms with Crippen LogP contribution in [-0.2, 0) is 14.4 Å². The summed E-state index contributed by atoms with van der Waals surface area (Å²) >= 11 is 0. The smallest absolute Gasteiger partial charge is 0.323 e. The normalized spacial score (nSPS) is 10.0. The number of primary amides is 1. The first-order valence-electron chi connectivity index (χ1n) is 6.27. The number of nitrogens with zero attached hydrogens (tertiary/aromatic N) is 1. The third-order valence-corrected chi connectivity index (χ3v) is 2.58. The second-order valence-corrected chi connectivity index (χ2v) is 4.72. The lowest BCUT2D eigenvalue weighted by molar-refractivity contribution is -0.146. The number of ether oxygens (including phenoxy) is 1. The van der Waals surface area contributed by atoms with Gasteiger partial charge in [0.2, 0.25) is 5.91 Å². The van der Waals surface area contributed by atoms with Crippen molar-refractivity contribution >= 4 is 17.8 Å². The van der Waals surface area contributed by atoms with E-state index < -0.39 is 30.9 Å². The van der Waals surface area contributed by atoms with Crippen LogP contribution in [0.25, 0.3) is 0 Å². The lowest BCUT2D eigenvalue weighted by Gasteiger charge is -2.19. The van der Waals surface area contributed by atoms with Crippen molar-refractivity contribution < 1.29 is 24.2 Å². The number of carbonyl (C=O) groups excluding carboxylic acids is 2. The zero-order chi connectivity index (χ0) is 16.0. The van der Waals surface area contributed by atoms with E-state index in [0.29, 0.717) is 5.75 Å². The van der Waals surface area contributed by atoms with E-state index in [1.165, 1.54) is 0 Å². The van der Waals surface area contributed by atoms with Gasteiger partial charge in [-0.1, -0.05) is 6.07 Å². The van der Waals surface area contributed by atoms with Gasteiger partial charge in [-0.3, -0.25) is 14.4 Å². The Kier molecular flexibility index (Phi) is 5.71. The highest BCUT2D eigenvalue weighted by Crippen LogP contribution is 2.16. The summed E-state index contributed by atoms with van der Waals surface area (Å²) in [6.07, 6.45) is 0. The van der Waals surface area contributed by atoms with Gasteiger partial charge in [0.1, 0.15) is 18.8 Å². The van der Waals surface area contributed by atoms with Crippen LogP contribution >= 0.6 is 0 Å². The van der Waals surface area contributed by atoms with Crippen molar-refractivity contribution in [3.8, 4) is 5.75 Å². The number of carboxylic acids is 1. The monoisotopic (exact) mass is 294 g/mol. The van der Waals surface area contributed by atoms with Crippen LogP contribution < -0.4 is 10.5 Å². The molecule has 0 saturated carbocycles. The molecule has 2 amide bonds. The third-order valence-electron chi connectivity index (χ3n) is 2.58. The Balaban J connectivity index is 2.68. The second-order valence-electron chi connectivity index (χ2n) is 4.72. The number of carbonyl (C=O) groups is 3. The fraction of sp³-hybridized carbons (Fsp3) is 0.357. The molecule has 0 spiro atoms. The van der Waals surface area contributed by atoms with Crippen LogP contribution in [0.15, 0.2) is 18.2 Å². The Labute approximate surface area is 122 Å². The minimum Gasteiger partial charge on any atom is -0.484 e. The number of amides is 2. The quantitative estimate of drug-likeness (QED) is 0.740. The highest BCUT2D eigenvalue weighted by atomic mass is 16.5. The minimum absolute atomic E-state index is 0.358. The molecule has 114 valence electrons. The molecular formula is C14H18N2O5. The summed E-state index contributed by atoms with van der Waals surface area (Å²) in [7, 11) is 0. The van der Waals surface area contributed by atoms with Crippen molar-refractivity contribution in [1.29, 1.82) is 0 Å². The number of aryl methyl sites for hydroxylation is 2. The lowest BCUT2D eigenvalue weighted by atomic mass is 10.1. The van der Waals surface area contributed by atoms with Crippen molar-refractivity contribution in [3.05, 3.63) is 29.3 Å². The van der Waals surface area contributed by atoms with Crippen molar-refractivity contribution in [2.24, 2.45) is 5.73 Å². The largest absolute Gasteiger partial charge is 0.484 e. The third kappa shape index (κ3) is 5.94. The van der Waals surface area contributed by atoms with E-state index in [-0.39, 0.29) is 6.61 Å². The van der Waals surface area contributed by atoms with Crippen molar-refractivity contribution in [2.75, 3.05) is 19.7 Å². The molecule has 3 N–H and O–H groups in total. The number of nitrogens with two attached hydrogens (primary N) is 1. The van der Waals surface area contributed by atoms with Gasteiger partial charge < -0.3 is 20.5 Å². The molecule has 0 bridgehead atoms. The SMILES string of the molecule is Cc1cc(C)cc(OCC(=O)N(CC(N)=O)CC(=O)O)c1. The molecule has 0 aromatic heterocycles. The van der Waals surface area contributed by atoms with E-state index in [1.54, 1.807) is 12.1 Å². The zero-order valence-electron chi connectivity index (χ0n) is 12.0.